The SMILES string of the molecule is c1ccc(-n2c3ccccc3c3sc4c(-c5cccc6c5sc5c7ccccc7ccc65)cccc4c32)cc1. The van der Waals surface area contributed by atoms with Gasteiger partial charge in [0.05, 0.1) is 15.7 Å². The van der Waals surface area contributed by atoms with E-state index in [2.05, 4.69) is 132 Å². The summed E-state index contributed by atoms with van der Waals surface area (Å²) in [5, 5.41) is 7.96. The minimum atomic E-state index is 1.20. The van der Waals surface area contributed by atoms with Crippen molar-refractivity contribution in [2.75, 3.05) is 0 Å². The third-order valence-electron chi connectivity index (χ3n) is 8.00. The van der Waals surface area contributed by atoms with Crippen molar-refractivity contribution in [3.8, 4) is 16.8 Å². The third kappa shape index (κ3) is 2.94. The molecule has 9 rings (SSSR count). The molecule has 3 aromatic heterocycles. The molecule has 9 aromatic rings. The number of hydrogen-bond donors (Lipinski definition) is 0. The van der Waals surface area contributed by atoms with Crippen LogP contribution in [-0.4, -0.2) is 4.57 Å². The van der Waals surface area contributed by atoms with E-state index in [4.69, 9.17) is 0 Å². The van der Waals surface area contributed by atoms with E-state index in [9.17, 15) is 0 Å². The van der Waals surface area contributed by atoms with Gasteiger partial charge in [0.1, 0.15) is 0 Å². The summed E-state index contributed by atoms with van der Waals surface area (Å²) in [6.07, 6.45) is 0. The van der Waals surface area contributed by atoms with Crippen LogP contribution >= 0.6 is 22.7 Å². The van der Waals surface area contributed by atoms with E-state index in [1.165, 1.54) is 79.0 Å². The van der Waals surface area contributed by atoms with Crippen LogP contribution in [0.2, 0.25) is 0 Å². The van der Waals surface area contributed by atoms with Gasteiger partial charge in [0, 0.05) is 52.5 Å². The molecule has 0 fully saturated rings. The lowest BCUT2D eigenvalue weighted by atomic mass is 10.0. The number of nitrogens with zero attached hydrogens (tertiary/aromatic N) is 1. The molecule has 3 heterocycles. The average Bonchev–Trinajstić information content (AvgIpc) is 3.67. The monoisotopic (exact) mass is 531 g/mol. The Hall–Kier alpha value is -4.44. The zero-order valence-electron chi connectivity index (χ0n) is 20.9. The predicted octanol–water partition coefficient (Wildman–Crippen LogP) is 11.2. The Morgan fingerprint density at radius 3 is 1.85 bits per heavy atom. The molecular formula is C36H21NS2. The van der Waals surface area contributed by atoms with Crippen LogP contribution < -0.4 is 0 Å². The molecule has 3 heteroatoms. The number of thiophene rings is 2. The minimum Gasteiger partial charge on any atom is -0.308 e. The Bertz CT molecular complexity index is 2390. The molecule has 0 saturated heterocycles. The molecule has 0 unspecified atom stereocenters. The van der Waals surface area contributed by atoms with Crippen LogP contribution in [0.1, 0.15) is 0 Å². The highest BCUT2D eigenvalue weighted by atomic mass is 32.1. The first kappa shape index (κ1) is 21.5. The highest BCUT2D eigenvalue weighted by Crippen LogP contribution is 2.48. The molecule has 6 aromatic carbocycles. The van der Waals surface area contributed by atoms with Gasteiger partial charge in [0.2, 0.25) is 0 Å². The van der Waals surface area contributed by atoms with Crippen molar-refractivity contribution < 1.29 is 0 Å². The minimum absolute atomic E-state index is 1.20. The predicted molar refractivity (Wildman–Crippen MR) is 172 cm³/mol. The van der Waals surface area contributed by atoms with Crippen LogP contribution in [0.5, 0.6) is 0 Å². The molecule has 39 heavy (non-hydrogen) atoms. The summed E-state index contributed by atoms with van der Waals surface area (Å²) in [5.41, 5.74) is 6.41. The fourth-order valence-corrected chi connectivity index (χ4v) is 9.00. The highest BCUT2D eigenvalue weighted by Gasteiger charge is 2.20. The third-order valence-corrected chi connectivity index (χ3v) is 10.5. The van der Waals surface area contributed by atoms with Gasteiger partial charge in [-0.25, -0.2) is 0 Å². The van der Waals surface area contributed by atoms with E-state index in [1.807, 2.05) is 22.7 Å². The van der Waals surface area contributed by atoms with Gasteiger partial charge in [-0.1, -0.05) is 109 Å². The van der Waals surface area contributed by atoms with Gasteiger partial charge < -0.3 is 4.57 Å². The first-order valence-corrected chi connectivity index (χ1v) is 14.8. The van der Waals surface area contributed by atoms with Gasteiger partial charge in [0.15, 0.2) is 0 Å². The number of benzene rings is 6. The van der Waals surface area contributed by atoms with E-state index < -0.39 is 0 Å². The Balaban J connectivity index is 1.39. The Morgan fingerprint density at radius 1 is 0.385 bits per heavy atom. The Labute approximate surface area is 232 Å². The second-order valence-electron chi connectivity index (χ2n) is 10.1. The molecule has 0 bridgehead atoms. The molecule has 0 aliphatic heterocycles. The number of rotatable bonds is 2. The fraction of sp³-hybridized carbons (Fsp3) is 0. The lowest BCUT2D eigenvalue weighted by Crippen LogP contribution is -1.92. The van der Waals surface area contributed by atoms with E-state index >= 15 is 0 Å². The van der Waals surface area contributed by atoms with Crippen LogP contribution in [0, 0.1) is 0 Å². The van der Waals surface area contributed by atoms with Crippen LogP contribution in [0.25, 0.3) is 79.0 Å². The largest absolute Gasteiger partial charge is 0.308 e. The summed E-state index contributed by atoms with van der Waals surface area (Å²) in [4.78, 5) is 0. The molecule has 182 valence electrons. The summed E-state index contributed by atoms with van der Waals surface area (Å²) in [6, 6.07) is 46.5. The molecule has 0 saturated carbocycles. The van der Waals surface area contributed by atoms with Crippen LogP contribution in [0.4, 0.5) is 0 Å². The number of fused-ring (bicyclic) bond motifs is 10. The highest BCUT2D eigenvalue weighted by molar-refractivity contribution is 7.28. The van der Waals surface area contributed by atoms with Crippen molar-refractivity contribution >= 4 is 84.8 Å². The van der Waals surface area contributed by atoms with E-state index in [0.29, 0.717) is 0 Å². The normalized spacial score (nSPS) is 12.1. The van der Waals surface area contributed by atoms with Crippen LogP contribution in [0.3, 0.4) is 0 Å². The van der Waals surface area contributed by atoms with Crippen LogP contribution in [0.15, 0.2) is 127 Å². The maximum absolute atomic E-state index is 2.44. The Kier molecular flexibility index (Phi) is 4.43. The van der Waals surface area contributed by atoms with Crippen molar-refractivity contribution in [2.45, 2.75) is 0 Å². The molecule has 0 aliphatic carbocycles. The summed E-state index contributed by atoms with van der Waals surface area (Å²) in [7, 11) is 0. The first-order valence-electron chi connectivity index (χ1n) is 13.2. The zero-order valence-corrected chi connectivity index (χ0v) is 22.5. The quantitative estimate of drug-likeness (QED) is 0.209. The van der Waals surface area contributed by atoms with Gasteiger partial charge >= 0.3 is 0 Å². The standard InChI is InChI=1S/C36H21NS2/c1-2-11-23(12-3-1)37-31-19-7-6-14-29(31)36-32(37)30-18-9-17-26(35(30)39-36)25-15-8-16-27-28-21-20-22-10-4-5-13-24(22)33(28)38-34(25)27/h1-21H. The molecule has 0 amide bonds. The lowest BCUT2D eigenvalue weighted by molar-refractivity contribution is 1.19. The van der Waals surface area contributed by atoms with Crippen molar-refractivity contribution in [2.24, 2.45) is 0 Å². The maximum atomic E-state index is 2.44. The molecule has 0 spiro atoms. The first-order chi connectivity index (χ1) is 19.4. The molecule has 0 radical (unpaired) electrons. The second kappa shape index (κ2) is 8.03. The molecule has 0 aliphatic rings. The van der Waals surface area contributed by atoms with Gasteiger partial charge in [-0.15, -0.1) is 22.7 Å². The van der Waals surface area contributed by atoms with Crippen molar-refractivity contribution in [1.29, 1.82) is 0 Å². The second-order valence-corrected chi connectivity index (χ2v) is 12.1. The smallest absolute Gasteiger partial charge is 0.0727 e. The van der Waals surface area contributed by atoms with E-state index in [0.717, 1.165) is 0 Å². The molecule has 1 nitrogen and oxygen atoms in total. The van der Waals surface area contributed by atoms with Crippen LogP contribution in [-0.2, 0) is 0 Å². The number of aromatic nitrogens is 1. The van der Waals surface area contributed by atoms with Crippen molar-refractivity contribution in [3.63, 3.8) is 0 Å². The Morgan fingerprint density at radius 2 is 1.00 bits per heavy atom. The molecule has 0 N–H and O–H groups in total. The van der Waals surface area contributed by atoms with Gasteiger partial charge in [-0.05, 0) is 29.0 Å². The summed E-state index contributed by atoms with van der Waals surface area (Å²) in [6.45, 7) is 0. The molecule has 0 atom stereocenters. The van der Waals surface area contributed by atoms with Gasteiger partial charge in [-0.2, -0.15) is 0 Å². The van der Waals surface area contributed by atoms with Gasteiger partial charge in [0.25, 0.3) is 0 Å². The summed E-state index contributed by atoms with van der Waals surface area (Å²) in [5.74, 6) is 0. The average molecular weight is 532 g/mol. The number of para-hydroxylation sites is 2. The van der Waals surface area contributed by atoms with Gasteiger partial charge in [-0.3, -0.25) is 0 Å². The zero-order chi connectivity index (χ0) is 25.5. The summed E-state index contributed by atoms with van der Waals surface area (Å²) >= 11 is 3.86. The van der Waals surface area contributed by atoms with Crippen molar-refractivity contribution in [1.82, 2.24) is 4.57 Å². The van der Waals surface area contributed by atoms with Crippen molar-refractivity contribution in [3.05, 3.63) is 127 Å². The number of hydrogen-bond acceptors (Lipinski definition) is 2. The van der Waals surface area contributed by atoms with E-state index in [1.54, 1.807) is 0 Å². The maximum Gasteiger partial charge on any atom is 0.0727 e. The fourth-order valence-electron chi connectivity index (χ4n) is 6.29. The molecular weight excluding hydrogens is 511 g/mol. The topological polar surface area (TPSA) is 4.93 Å². The lowest BCUT2D eigenvalue weighted by Gasteiger charge is -2.09. The van der Waals surface area contributed by atoms with E-state index in [-0.39, 0.29) is 0 Å². The summed E-state index contributed by atoms with van der Waals surface area (Å²) < 4.78 is 7.89.